The number of nitrogens with zero attached hydrogens (tertiary/aromatic N) is 1. The number of aromatic amines is 1. The van der Waals surface area contributed by atoms with E-state index in [2.05, 4.69) is 9.97 Å². The summed E-state index contributed by atoms with van der Waals surface area (Å²) < 4.78 is 0. The van der Waals surface area contributed by atoms with Gasteiger partial charge in [-0.25, -0.2) is 4.98 Å². The van der Waals surface area contributed by atoms with Crippen molar-refractivity contribution in [1.82, 2.24) is 9.97 Å². The van der Waals surface area contributed by atoms with Crippen molar-refractivity contribution in [2.24, 2.45) is 0 Å². The summed E-state index contributed by atoms with van der Waals surface area (Å²) >= 11 is 18.1. The molecule has 0 unspecified atom stereocenters. The molecule has 22 heavy (non-hydrogen) atoms. The van der Waals surface area contributed by atoms with Crippen molar-refractivity contribution >= 4 is 56.8 Å². The molecule has 0 fully saturated rings. The van der Waals surface area contributed by atoms with Crippen molar-refractivity contribution in [2.45, 2.75) is 0 Å². The molecule has 1 N–H and O–H groups in total. The van der Waals surface area contributed by atoms with Crippen molar-refractivity contribution in [3.05, 3.63) is 74.3 Å². The maximum absolute atomic E-state index is 12.1. The van der Waals surface area contributed by atoms with Gasteiger partial charge in [-0.3, -0.25) is 4.79 Å². The van der Waals surface area contributed by atoms with Crippen LogP contribution < -0.4 is 5.56 Å². The summed E-state index contributed by atoms with van der Waals surface area (Å²) in [7, 11) is 0. The first-order valence-electron chi connectivity index (χ1n) is 6.36. The number of halogens is 3. The third kappa shape index (κ3) is 3.17. The highest BCUT2D eigenvalue weighted by atomic mass is 35.5. The average Bonchev–Trinajstić information content (AvgIpc) is 2.46. The lowest BCUT2D eigenvalue weighted by molar-refractivity contribution is 1.14. The maximum atomic E-state index is 12.1. The fourth-order valence-electron chi connectivity index (χ4n) is 2.04. The van der Waals surface area contributed by atoms with Crippen molar-refractivity contribution < 1.29 is 0 Å². The molecule has 0 aliphatic carbocycles. The number of hydrogen-bond donors (Lipinski definition) is 1. The van der Waals surface area contributed by atoms with Crippen molar-refractivity contribution in [3.63, 3.8) is 0 Å². The second kappa shape index (κ2) is 6.13. The van der Waals surface area contributed by atoms with Crippen LogP contribution in [0.1, 0.15) is 11.4 Å². The second-order valence-electron chi connectivity index (χ2n) is 4.62. The molecule has 0 amide bonds. The zero-order valence-electron chi connectivity index (χ0n) is 11.1. The van der Waals surface area contributed by atoms with Crippen molar-refractivity contribution in [3.8, 4) is 0 Å². The van der Waals surface area contributed by atoms with Crippen LogP contribution in [0.25, 0.3) is 22.0 Å². The smallest absolute Gasteiger partial charge is 0.259 e. The van der Waals surface area contributed by atoms with Gasteiger partial charge in [0.1, 0.15) is 0 Å². The summed E-state index contributed by atoms with van der Waals surface area (Å²) in [5.41, 5.74) is 1.03. The lowest BCUT2D eigenvalue weighted by Crippen LogP contribution is -2.10. The first-order valence-corrected chi connectivity index (χ1v) is 7.49. The van der Waals surface area contributed by atoms with Crippen LogP contribution in [0, 0.1) is 0 Å². The fourth-order valence-corrected chi connectivity index (χ4v) is 2.62. The Bertz CT molecular complexity index is 948. The summed E-state index contributed by atoms with van der Waals surface area (Å²) in [5, 5.41) is 1.87. The molecule has 3 rings (SSSR count). The van der Waals surface area contributed by atoms with Crippen LogP contribution in [0.4, 0.5) is 0 Å². The molecule has 0 bridgehead atoms. The average molecular weight is 352 g/mol. The van der Waals surface area contributed by atoms with Gasteiger partial charge in [-0.15, -0.1) is 0 Å². The van der Waals surface area contributed by atoms with Gasteiger partial charge >= 0.3 is 0 Å². The van der Waals surface area contributed by atoms with E-state index in [9.17, 15) is 4.79 Å². The van der Waals surface area contributed by atoms with E-state index in [-0.39, 0.29) is 11.4 Å². The molecule has 0 aliphatic heterocycles. The van der Waals surface area contributed by atoms with E-state index in [0.29, 0.717) is 26.0 Å². The lowest BCUT2D eigenvalue weighted by atomic mass is 10.2. The molecule has 1 aromatic heterocycles. The van der Waals surface area contributed by atoms with Gasteiger partial charge in [-0.1, -0.05) is 46.9 Å². The molecule has 0 spiro atoms. The summed E-state index contributed by atoms with van der Waals surface area (Å²) in [6.07, 6.45) is 1.68. The van der Waals surface area contributed by atoms with Gasteiger partial charge < -0.3 is 4.98 Å². The SMILES string of the molecule is O=c1[nH]c(/C(Cl)=C/c2cccc(Cl)c2)nc2cc(Cl)ccc12. The molecule has 3 aromatic rings. The Morgan fingerprint density at radius 1 is 1.09 bits per heavy atom. The molecule has 2 aromatic carbocycles. The van der Waals surface area contributed by atoms with Gasteiger partial charge in [0.25, 0.3) is 5.56 Å². The number of aromatic nitrogens is 2. The van der Waals surface area contributed by atoms with E-state index in [4.69, 9.17) is 34.8 Å². The fraction of sp³-hybridized carbons (Fsp3) is 0. The van der Waals surface area contributed by atoms with E-state index in [0.717, 1.165) is 5.56 Å². The topological polar surface area (TPSA) is 45.8 Å². The van der Waals surface area contributed by atoms with Crippen LogP contribution in [0.5, 0.6) is 0 Å². The Morgan fingerprint density at radius 3 is 2.64 bits per heavy atom. The number of H-pyrrole nitrogens is 1. The third-order valence-electron chi connectivity index (χ3n) is 3.04. The summed E-state index contributed by atoms with van der Waals surface area (Å²) in [4.78, 5) is 19.1. The Morgan fingerprint density at radius 2 is 1.86 bits per heavy atom. The first kappa shape index (κ1) is 15.1. The van der Waals surface area contributed by atoms with Crippen LogP contribution in [0.2, 0.25) is 10.0 Å². The molecule has 110 valence electrons. The largest absolute Gasteiger partial charge is 0.305 e. The van der Waals surface area contributed by atoms with Crippen LogP contribution in [0.15, 0.2) is 47.3 Å². The molecule has 6 heteroatoms. The standard InChI is InChI=1S/C16H9Cl3N2O/c17-10-3-1-2-9(6-10)7-13(19)15-20-14-8-11(18)4-5-12(14)16(22)21-15/h1-8H,(H,20,21,22)/b13-7-. The minimum Gasteiger partial charge on any atom is -0.305 e. The highest BCUT2D eigenvalue weighted by Crippen LogP contribution is 2.22. The predicted octanol–water partition coefficient (Wildman–Crippen LogP) is 4.97. The van der Waals surface area contributed by atoms with Crippen LogP contribution in [-0.2, 0) is 0 Å². The number of hydrogen-bond acceptors (Lipinski definition) is 2. The van der Waals surface area contributed by atoms with E-state index in [1.807, 2.05) is 12.1 Å². The summed E-state index contributed by atoms with van der Waals surface area (Å²) in [6.45, 7) is 0. The Hall–Kier alpha value is -1.81. The second-order valence-corrected chi connectivity index (χ2v) is 5.90. The predicted molar refractivity (Wildman–Crippen MR) is 92.5 cm³/mol. The zero-order chi connectivity index (χ0) is 15.7. The normalized spacial score (nSPS) is 11.9. The Balaban J connectivity index is 2.11. The van der Waals surface area contributed by atoms with E-state index in [1.165, 1.54) is 0 Å². The number of rotatable bonds is 2. The van der Waals surface area contributed by atoms with Gasteiger partial charge in [-0.2, -0.15) is 0 Å². The molecule has 0 saturated carbocycles. The molecular formula is C16H9Cl3N2O. The minimum absolute atomic E-state index is 0.269. The number of nitrogens with one attached hydrogen (secondary N) is 1. The molecule has 0 radical (unpaired) electrons. The van der Waals surface area contributed by atoms with Gasteiger partial charge in [0.2, 0.25) is 0 Å². The molecule has 1 heterocycles. The van der Waals surface area contributed by atoms with E-state index < -0.39 is 0 Å². The van der Waals surface area contributed by atoms with Gasteiger partial charge in [-0.05, 0) is 42.0 Å². The lowest BCUT2D eigenvalue weighted by Gasteiger charge is -2.03. The number of fused-ring (bicyclic) bond motifs is 1. The molecule has 0 aliphatic rings. The Labute approximate surface area is 141 Å². The zero-order valence-corrected chi connectivity index (χ0v) is 13.4. The van der Waals surface area contributed by atoms with Gasteiger partial charge in [0.05, 0.1) is 15.9 Å². The maximum Gasteiger partial charge on any atom is 0.259 e. The van der Waals surface area contributed by atoms with Gasteiger partial charge in [0.15, 0.2) is 5.82 Å². The molecule has 3 nitrogen and oxygen atoms in total. The summed E-state index contributed by atoms with van der Waals surface area (Å²) in [5.74, 6) is 0.279. The monoisotopic (exact) mass is 350 g/mol. The van der Waals surface area contributed by atoms with Crippen LogP contribution in [0.3, 0.4) is 0 Å². The molecule has 0 saturated heterocycles. The van der Waals surface area contributed by atoms with Crippen molar-refractivity contribution in [2.75, 3.05) is 0 Å². The van der Waals surface area contributed by atoms with E-state index >= 15 is 0 Å². The number of benzene rings is 2. The van der Waals surface area contributed by atoms with Gasteiger partial charge in [0, 0.05) is 10.0 Å². The molecule has 0 atom stereocenters. The van der Waals surface area contributed by atoms with Crippen LogP contribution >= 0.6 is 34.8 Å². The minimum atomic E-state index is -0.269. The highest BCUT2D eigenvalue weighted by molar-refractivity contribution is 6.50. The van der Waals surface area contributed by atoms with Crippen molar-refractivity contribution in [1.29, 1.82) is 0 Å². The van der Waals surface area contributed by atoms with E-state index in [1.54, 1.807) is 36.4 Å². The quantitative estimate of drug-likeness (QED) is 0.708. The van der Waals surface area contributed by atoms with Crippen LogP contribution in [-0.4, -0.2) is 9.97 Å². The molecular weight excluding hydrogens is 343 g/mol. The Kier molecular flexibility index (Phi) is 4.21. The highest BCUT2D eigenvalue weighted by Gasteiger charge is 2.07. The first-order chi connectivity index (χ1) is 10.5. The third-order valence-corrected chi connectivity index (χ3v) is 3.80. The summed E-state index contributed by atoms with van der Waals surface area (Å²) in [6, 6.07) is 12.1.